The lowest BCUT2D eigenvalue weighted by Gasteiger charge is -2.32. The molecule has 32 heavy (non-hydrogen) atoms. The highest BCUT2D eigenvalue weighted by atomic mass is 35.5. The number of hydrogen-bond donors (Lipinski definition) is 1. The highest BCUT2D eigenvalue weighted by molar-refractivity contribution is 7.99. The highest BCUT2D eigenvalue weighted by Crippen LogP contribution is 2.24. The van der Waals surface area contributed by atoms with Gasteiger partial charge in [0.2, 0.25) is 5.91 Å². The SMILES string of the molecule is O=C(CSc1nc(CO)cn1Cc1ccc(Cl)cc1)N1CCC(Cc2ccccc2)CC1. The first-order chi connectivity index (χ1) is 15.6. The number of benzene rings is 2. The molecule has 0 spiro atoms. The van der Waals surface area contributed by atoms with Crippen molar-refractivity contribution in [2.24, 2.45) is 5.92 Å². The van der Waals surface area contributed by atoms with Crippen LogP contribution >= 0.6 is 23.4 Å². The molecule has 0 unspecified atom stereocenters. The molecule has 1 aliphatic heterocycles. The van der Waals surface area contributed by atoms with E-state index in [4.69, 9.17) is 11.6 Å². The number of amides is 1. The number of nitrogens with zero attached hydrogens (tertiary/aromatic N) is 3. The van der Waals surface area contributed by atoms with E-state index < -0.39 is 0 Å². The monoisotopic (exact) mass is 469 g/mol. The summed E-state index contributed by atoms with van der Waals surface area (Å²) < 4.78 is 1.98. The van der Waals surface area contributed by atoms with Gasteiger partial charge in [0.15, 0.2) is 5.16 Å². The van der Waals surface area contributed by atoms with E-state index in [0.29, 0.717) is 28.9 Å². The van der Waals surface area contributed by atoms with E-state index in [9.17, 15) is 9.90 Å². The van der Waals surface area contributed by atoms with Crippen LogP contribution in [0.4, 0.5) is 0 Å². The molecule has 7 heteroatoms. The third-order valence-electron chi connectivity index (χ3n) is 5.88. The Bertz CT molecular complexity index is 1020. The van der Waals surface area contributed by atoms with Crippen LogP contribution in [0.25, 0.3) is 0 Å². The third-order valence-corrected chi connectivity index (χ3v) is 7.10. The number of aliphatic hydroxyl groups is 1. The molecule has 1 fully saturated rings. The summed E-state index contributed by atoms with van der Waals surface area (Å²) in [6.45, 7) is 2.13. The molecule has 1 aliphatic rings. The summed E-state index contributed by atoms with van der Waals surface area (Å²) in [5.41, 5.74) is 3.07. The van der Waals surface area contributed by atoms with Crippen molar-refractivity contribution in [1.82, 2.24) is 14.5 Å². The minimum atomic E-state index is -0.121. The molecule has 1 saturated heterocycles. The fourth-order valence-electron chi connectivity index (χ4n) is 4.09. The van der Waals surface area contributed by atoms with Gasteiger partial charge < -0.3 is 14.6 Å². The summed E-state index contributed by atoms with van der Waals surface area (Å²) in [4.78, 5) is 19.3. The Morgan fingerprint density at radius 3 is 2.47 bits per heavy atom. The molecule has 2 heterocycles. The van der Waals surface area contributed by atoms with E-state index in [-0.39, 0.29) is 12.5 Å². The number of thioether (sulfide) groups is 1. The van der Waals surface area contributed by atoms with E-state index >= 15 is 0 Å². The number of aliphatic hydroxyl groups excluding tert-OH is 1. The first-order valence-corrected chi connectivity index (χ1v) is 12.3. The zero-order chi connectivity index (χ0) is 22.3. The van der Waals surface area contributed by atoms with Gasteiger partial charge >= 0.3 is 0 Å². The zero-order valence-electron chi connectivity index (χ0n) is 18.0. The van der Waals surface area contributed by atoms with E-state index in [1.165, 1.54) is 17.3 Å². The lowest BCUT2D eigenvalue weighted by molar-refractivity contribution is -0.129. The Morgan fingerprint density at radius 1 is 1.06 bits per heavy atom. The van der Waals surface area contributed by atoms with Gasteiger partial charge in [0.1, 0.15) is 0 Å². The minimum Gasteiger partial charge on any atom is -0.390 e. The van der Waals surface area contributed by atoms with E-state index in [0.717, 1.165) is 43.1 Å². The largest absolute Gasteiger partial charge is 0.390 e. The molecule has 0 atom stereocenters. The molecule has 5 nitrogen and oxygen atoms in total. The summed E-state index contributed by atoms with van der Waals surface area (Å²) >= 11 is 7.42. The first-order valence-electron chi connectivity index (χ1n) is 11.0. The Balaban J connectivity index is 1.30. The van der Waals surface area contributed by atoms with Crippen LogP contribution in [0.1, 0.15) is 29.7 Å². The topological polar surface area (TPSA) is 58.4 Å². The van der Waals surface area contributed by atoms with Crippen molar-refractivity contribution >= 4 is 29.3 Å². The molecule has 1 aromatic heterocycles. The third kappa shape index (κ3) is 6.15. The van der Waals surface area contributed by atoms with Crippen LogP contribution in [0, 0.1) is 5.92 Å². The number of rotatable bonds is 8. The number of halogens is 1. The fraction of sp³-hybridized carbons (Fsp3) is 0.360. The summed E-state index contributed by atoms with van der Waals surface area (Å²) in [6, 6.07) is 18.3. The first kappa shape index (κ1) is 22.9. The van der Waals surface area contributed by atoms with Crippen LogP contribution in [-0.2, 0) is 24.4 Å². The molecule has 1 N–H and O–H groups in total. The summed E-state index contributed by atoms with van der Waals surface area (Å²) in [5, 5.41) is 11.0. The maximum Gasteiger partial charge on any atom is 0.233 e. The van der Waals surface area contributed by atoms with Crippen LogP contribution in [0.15, 0.2) is 66.0 Å². The van der Waals surface area contributed by atoms with Gasteiger partial charge in [-0.3, -0.25) is 4.79 Å². The van der Waals surface area contributed by atoms with Crippen molar-refractivity contribution < 1.29 is 9.90 Å². The molecule has 168 valence electrons. The highest BCUT2D eigenvalue weighted by Gasteiger charge is 2.23. The van der Waals surface area contributed by atoms with Gasteiger partial charge in [0, 0.05) is 30.9 Å². The maximum absolute atomic E-state index is 12.8. The molecule has 0 aliphatic carbocycles. The standard InChI is InChI=1S/C25H28ClN3O2S/c26-22-8-6-21(7-9-22)15-29-16-23(17-30)27-25(29)32-18-24(31)28-12-10-20(11-13-28)14-19-4-2-1-3-5-19/h1-9,16,20,30H,10-15,17-18H2. The lowest BCUT2D eigenvalue weighted by Crippen LogP contribution is -2.39. The van der Waals surface area contributed by atoms with E-state index in [1.807, 2.05) is 46.0 Å². The smallest absolute Gasteiger partial charge is 0.233 e. The quantitative estimate of drug-likeness (QED) is 0.488. The number of carbonyl (C=O) groups is 1. The number of piperidine rings is 1. The van der Waals surface area contributed by atoms with Gasteiger partial charge in [-0.25, -0.2) is 4.98 Å². The fourth-order valence-corrected chi connectivity index (χ4v) is 5.12. The van der Waals surface area contributed by atoms with Gasteiger partial charge in [-0.05, 0) is 48.4 Å². The molecular weight excluding hydrogens is 442 g/mol. The van der Waals surface area contributed by atoms with Crippen molar-refractivity contribution in [3.8, 4) is 0 Å². The lowest BCUT2D eigenvalue weighted by atomic mass is 9.90. The number of hydrogen-bond acceptors (Lipinski definition) is 4. The Kier molecular flexibility index (Phi) is 7.90. The van der Waals surface area contributed by atoms with E-state index in [2.05, 4.69) is 29.2 Å². The molecule has 0 saturated carbocycles. The van der Waals surface area contributed by atoms with Crippen molar-refractivity contribution in [3.05, 3.63) is 82.6 Å². The molecule has 3 aromatic rings. The molecule has 0 bridgehead atoms. The van der Waals surface area contributed by atoms with E-state index in [1.54, 1.807) is 0 Å². The normalized spacial score (nSPS) is 14.6. The zero-order valence-corrected chi connectivity index (χ0v) is 19.6. The molecule has 0 radical (unpaired) electrons. The Hall–Kier alpha value is -2.28. The van der Waals surface area contributed by atoms with Gasteiger partial charge in [0.05, 0.1) is 18.1 Å². The Morgan fingerprint density at radius 2 is 1.78 bits per heavy atom. The minimum absolute atomic E-state index is 0.121. The second-order valence-corrected chi connectivity index (χ2v) is 9.61. The number of likely N-dealkylation sites (tertiary alicyclic amines) is 1. The predicted octanol–water partition coefficient (Wildman–Crippen LogP) is 4.65. The second kappa shape index (κ2) is 11.0. The van der Waals surface area contributed by atoms with Crippen molar-refractivity contribution in [1.29, 1.82) is 0 Å². The number of aromatic nitrogens is 2. The molecule has 4 rings (SSSR count). The van der Waals surface area contributed by atoms with Gasteiger partial charge in [-0.2, -0.15) is 0 Å². The second-order valence-electron chi connectivity index (χ2n) is 8.23. The average molecular weight is 470 g/mol. The average Bonchev–Trinajstić information content (AvgIpc) is 3.22. The molecule has 1 amide bonds. The van der Waals surface area contributed by atoms with Crippen molar-refractivity contribution in [2.75, 3.05) is 18.8 Å². The van der Waals surface area contributed by atoms with Gasteiger partial charge in [-0.15, -0.1) is 0 Å². The van der Waals surface area contributed by atoms with Gasteiger partial charge in [0.25, 0.3) is 0 Å². The predicted molar refractivity (Wildman–Crippen MR) is 129 cm³/mol. The van der Waals surface area contributed by atoms with Gasteiger partial charge in [-0.1, -0.05) is 65.8 Å². The maximum atomic E-state index is 12.8. The van der Waals surface area contributed by atoms with Crippen LogP contribution < -0.4 is 0 Å². The number of imidazole rings is 1. The summed E-state index contributed by atoms with van der Waals surface area (Å²) in [6.07, 6.45) is 5.02. The summed E-state index contributed by atoms with van der Waals surface area (Å²) in [7, 11) is 0. The molecule has 2 aromatic carbocycles. The molecular formula is C25H28ClN3O2S. The van der Waals surface area contributed by atoms with Crippen LogP contribution in [0.2, 0.25) is 5.02 Å². The van der Waals surface area contributed by atoms with Crippen molar-refractivity contribution in [2.45, 2.75) is 37.6 Å². The van der Waals surface area contributed by atoms with Crippen LogP contribution in [0.3, 0.4) is 0 Å². The summed E-state index contributed by atoms with van der Waals surface area (Å²) in [5.74, 6) is 1.14. The Labute approximate surface area is 198 Å². The van der Waals surface area contributed by atoms with Crippen LogP contribution in [0.5, 0.6) is 0 Å². The number of carbonyl (C=O) groups excluding carboxylic acids is 1. The van der Waals surface area contributed by atoms with Crippen molar-refractivity contribution in [3.63, 3.8) is 0 Å². The van der Waals surface area contributed by atoms with Crippen LogP contribution in [-0.4, -0.2) is 44.3 Å².